The van der Waals surface area contributed by atoms with Crippen LogP contribution in [0.25, 0.3) is 6.08 Å². The van der Waals surface area contributed by atoms with E-state index >= 15 is 0 Å². The Hall–Kier alpha value is -3.47. The number of phenols is 1. The minimum absolute atomic E-state index is 0.0273. The molecule has 1 aliphatic rings. The zero-order valence-corrected chi connectivity index (χ0v) is 18.0. The van der Waals surface area contributed by atoms with Crippen LogP contribution in [0.2, 0.25) is 0 Å². The van der Waals surface area contributed by atoms with Crippen molar-refractivity contribution in [2.75, 3.05) is 19.0 Å². The van der Waals surface area contributed by atoms with Crippen LogP contribution in [0, 0.1) is 11.8 Å². The Labute approximate surface area is 183 Å². The second-order valence-electron chi connectivity index (χ2n) is 7.68. The van der Waals surface area contributed by atoms with E-state index in [0.29, 0.717) is 35.4 Å². The lowest BCUT2D eigenvalue weighted by Crippen LogP contribution is -2.12. The van der Waals surface area contributed by atoms with Gasteiger partial charge in [0.1, 0.15) is 5.75 Å². The lowest BCUT2D eigenvalue weighted by Gasteiger charge is -2.17. The summed E-state index contributed by atoms with van der Waals surface area (Å²) in [5.74, 6) is 1.83. The predicted molar refractivity (Wildman–Crippen MR) is 124 cm³/mol. The van der Waals surface area contributed by atoms with Gasteiger partial charge in [0, 0.05) is 23.7 Å². The van der Waals surface area contributed by atoms with E-state index in [2.05, 4.69) is 36.5 Å². The number of aromatic hydroxyl groups is 1. The fourth-order valence-electron chi connectivity index (χ4n) is 3.32. The highest BCUT2D eigenvalue weighted by molar-refractivity contribution is 6.02. The van der Waals surface area contributed by atoms with E-state index in [1.54, 1.807) is 18.2 Å². The minimum Gasteiger partial charge on any atom is -0.504 e. The number of amides is 1. The molecule has 2 atom stereocenters. The van der Waals surface area contributed by atoms with Crippen LogP contribution in [0.5, 0.6) is 17.2 Å². The highest BCUT2D eigenvalue weighted by atomic mass is 16.5. The average molecular weight is 420 g/mol. The monoisotopic (exact) mass is 419 g/mol. The number of phenolic OH excluding ortho intramolecular Hbond substituents is 1. The zero-order chi connectivity index (χ0) is 22.1. The van der Waals surface area contributed by atoms with Crippen molar-refractivity contribution in [1.82, 2.24) is 0 Å². The maximum atomic E-state index is 12.3. The van der Waals surface area contributed by atoms with Crippen LogP contribution in [0.4, 0.5) is 5.69 Å². The van der Waals surface area contributed by atoms with Gasteiger partial charge in [-0.15, -0.1) is 0 Å². The first kappa shape index (κ1) is 22.2. The Bertz CT molecular complexity index is 977. The van der Waals surface area contributed by atoms with Crippen LogP contribution in [0.15, 0.2) is 72.8 Å². The fourth-order valence-corrected chi connectivity index (χ4v) is 3.32. The van der Waals surface area contributed by atoms with E-state index in [4.69, 9.17) is 9.47 Å². The Balaban J connectivity index is 1.55. The minimum atomic E-state index is -0.267. The lowest BCUT2D eigenvalue weighted by molar-refractivity contribution is -0.111. The van der Waals surface area contributed by atoms with E-state index in [1.807, 2.05) is 24.3 Å². The smallest absolute Gasteiger partial charge is 0.248 e. The molecule has 2 N–H and O–H groups in total. The molecule has 1 amide bonds. The van der Waals surface area contributed by atoms with Crippen molar-refractivity contribution in [2.24, 2.45) is 11.8 Å². The predicted octanol–water partition coefficient (Wildman–Crippen LogP) is 5.59. The third-order valence-corrected chi connectivity index (χ3v) is 5.12. The topological polar surface area (TPSA) is 67.8 Å². The van der Waals surface area contributed by atoms with Crippen molar-refractivity contribution in [3.8, 4) is 17.2 Å². The molecule has 3 rings (SSSR count). The van der Waals surface area contributed by atoms with Gasteiger partial charge in [-0.25, -0.2) is 0 Å². The maximum absolute atomic E-state index is 12.3. The molecule has 5 heteroatoms. The van der Waals surface area contributed by atoms with E-state index in [-0.39, 0.29) is 11.7 Å². The number of carbonyl (C=O) groups is 1. The number of benzene rings is 2. The van der Waals surface area contributed by atoms with Gasteiger partial charge in [-0.3, -0.25) is 4.79 Å². The molecule has 0 aromatic heterocycles. The number of carbonyl (C=O) groups excluding carboxylic acids is 1. The van der Waals surface area contributed by atoms with Gasteiger partial charge in [0.2, 0.25) is 5.91 Å². The molecule has 0 aliphatic heterocycles. The van der Waals surface area contributed by atoms with Crippen LogP contribution in [-0.2, 0) is 4.79 Å². The Morgan fingerprint density at radius 3 is 2.81 bits per heavy atom. The normalized spacial score (nSPS) is 18.4. The Morgan fingerprint density at radius 2 is 2.00 bits per heavy atom. The number of hydrogen-bond donors (Lipinski definition) is 2. The molecule has 0 fully saturated rings. The standard InChI is InChI=1S/C26H29NO4/c1-19-6-3-4-7-21(11-10-19)18-31-23-9-5-8-22(17-23)27-26(29)15-13-20-12-14-25(30-2)24(28)16-20/h3-9,12-17,19,21,28H,10-11,18H2,1-2H3,(H,27,29). The molecule has 0 spiro atoms. The molecular weight excluding hydrogens is 390 g/mol. The first-order valence-corrected chi connectivity index (χ1v) is 10.5. The zero-order valence-electron chi connectivity index (χ0n) is 18.0. The Morgan fingerprint density at radius 1 is 1.16 bits per heavy atom. The first-order chi connectivity index (χ1) is 15.0. The molecule has 2 aromatic rings. The van der Waals surface area contributed by atoms with Gasteiger partial charge < -0.3 is 19.9 Å². The van der Waals surface area contributed by atoms with Gasteiger partial charge in [-0.05, 0) is 54.7 Å². The van der Waals surface area contributed by atoms with Crippen molar-refractivity contribution in [3.63, 3.8) is 0 Å². The van der Waals surface area contributed by atoms with E-state index in [9.17, 15) is 9.90 Å². The van der Waals surface area contributed by atoms with Gasteiger partial charge in [0.05, 0.1) is 13.7 Å². The summed E-state index contributed by atoms with van der Waals surface area (Å²) in [6.07, 6.45) is 13.9. The van der Waals surface area contributed by atoms with Gasteiger partial charge in [-0.2, -0.15) is 0 Å². The first-order valence-electron chi connectivity index (χ1n) is 10.5. The largest absolute Gasteiger partial charge is 0.504 e. The molecule has 0 radical (unpaired) electrons. The van der Waals surface area contributed by atoms with Crippen LogP contribution in [0.3, 0.4) is 0 Å². The Kier molecular flexibility index (Phi) is 7.93. The third-order valence-electron chi connectivity index (χ3n) is 5.12. The second kappa shape index (κ2) is 11.1. The highest BCUT2D eigenvalue weighted by Crippen LogP contribution is 2.27. The van der Waals surface area contributed by atoms with E-state index < -0.39 is 0 Å². The summed E-state index contributed by atoms with van der Waals surface area (Å²) in [5.41, 5.74) is 1.36. The van der Waals surface area contributed by atoms with Gasteiger partial charge in [0.25, 0.3) is 0 Å². The van der Waals surface area contributed by atoms with Crippen molar-refractivity contribution in [2.45, 2.75) is 19.8 Å². The van der Waals surface area contributed by atoms with Crippen molar-refractivity contribution in [1.29, 1.82) is 0 Å². The fraction of sp³-hybridized carbons (Fsp3) is 0.269. The van der Waals surface area contributed by atoms with E-state index in [0.717, 1.165) is 18.6 Å². The van der Waals surface area contributed by atoms with Crippen LogP contribution in [0.1, 0.15) is 25.3 Å². The third kappa shape index (κ3) is 7.07. The molecule has 1 aliphatic carbocycles. The highest BCUT2D eigenvalue weighted by Gasteiger charge is 2.10. The number of rotatable bonds is 7. The molecule has 2 aromatic carbocycles. The lowest BCUT2D eigenvalue weighted by atomic mass is 9.94. The number of anilines is 1. The second-order valence-corrected chi connectivity index (χ2v) is 7.68. The summed E-state index contributed by atoms with van der Waals surface area (Å²) in [4.78, 5) is 12.3. The number of allylic oxidation sites excluding steroid dienone is 3. The SMILES string of the molecule is COc1ccc(C=CC(=O)Nc2cccc(OCC3C=CC=CC(C)CC3)c2)cc1O. The van der Waals surface area contributed by atoms with Crippen LogP contribution >= 0.6 is 0 Å². The molecular formula is C26H29NO4. The summed E-state index contributed by atoms with van der Waals surface area (Å²) in [7, 11) is 1.49. The number of nitrogens with one attached hydrogen (secondary N) is 1. The average Bonchev–Trinajstić information content (AvgIpc) is 2.75. The number of hydrogen-bond acceptors (Lipinski definition) is 4. The van der Waals surface area contributed by atoms with Crippen molar-refractivity contribution in [3.05, 3.63) is 78.4 Å². The van der Waals surface area contributed by atoms with Gasteiger partial charge in [-0.1, -0.05) is 43.4 Å². The number of ether oxygens (including phenoxy) is 2. The molecule has 31 heavy (non-hydrogen) atoms. The van der Waals surface area contributed by atoms with Crippen LogP contribution in [-0.4, -0.2) is 24.7 Å². The van der Waals surface area contributed by atoms with Crippen molar-refractivity contribution >= 4 is 17.7 Å². The van der Waals surface area contributed by atoms with Crippen LogP contribution < -0.4 is 14.8 Å². The summed E-state index contributed by atoms with van der Waals surface area (Å²) in [6.45, 7) is 2.83. The molecule has 0 heterocycles. The quantitative estimate of drug-likeness (QED) is 0.574. The van der Waals surface area contributed by atoms with E-state index in [1.165, 1.54) is 19.3 Å². The molecule has 0 bridgehead atoms. The van der Waals surface area contributed by atoms with Gasteiger partial charge >= 0.3 is 0 Å². The number of methoxy groups -OCH3 is 1. The molecule has 162 valence electrons. The van der Waals surface area contributed by atoms with Gasteiger partial charge in [0.15, 0.2) is 11.5 Å². The summed E-state index contributed by atoms with van der Waals surface area (Å²) < 4.78 is 11.0. The summed E-state index contributed by atoms with van der Waals surface area (Å²) >= 11 is 0. The molecule has 2 unspecified atom stereocenters. The maximum Gasteiger partial charge on any atom is 0.248 e. The molecule has 0 saturated heterocycles. The molecule has 5 nitrogen and oxygen atoms in total. The summed E-state index contributed by atoms with van der Waals surface area (Å²) in [6, 6.07) is 12.3. The van der Waals surface area contributed by atoms with Crippen molar-refractivity contribution < 1.29 is 19.4 Å². The summed E-state index contributed by atoms with van der Waals surface area (Å²) in [5, 5.41) is 12.7. The molecule has 0 saturated carbocycles.